The topological polar surface area (TPSA) is 38.7 Å². The van der Waals surface area contributed by atoms with Gasteiger partial charge in [0, 0.05) is 30.5 Å². The van der Waals surface area contributed by atoms with Gasteiger partial charge in [0.15, 0.2) is 0 Å². The Morgan fingerprint density at radius 2 is 2.05 bits per heavy atom. The molecule has 2 aliphatic rings. The zero-order valence-corrected chi connectivity index (χ0v) is 12.5. The average molecular weight is 327 g/mol. The molecule has 3 rings (SSSR count). The summed E-state index contributed by atoms with van der Waals surface area (Å²) in [6.45, 7) is 2.30. The van der Waals surface area contributed by atoms with Crippen molar-refractivity contribution in [2.24, 2.45) is 5.92 Å². The second-order valence-corrected chi connectivity index (χ2v) is 6.29. The minimum absolute atomic E-state index is 0.300. The summed E-state index contributed by atoms with van der Waals surface area (Å²) < 4.78 is 12.1. The molecule has 1 atom stereocenters. The van der Waals surface area contributed by atoms with Gasteiger partial charge in [-0.2, -0.15) is 0 Å². The molecular formula is C15H19BrO3. The van der Waals surface area contributed by atoms with Gasteiger partial charge in [0.1, 0.15) is 5.75 Å². The maximum Gasteiger partial charge on any atom is 0.125 e. The predicted octanol–water partition coefficient (Wildman–Crippen LogP) is 2.71. The number of fused-ring (bicyclic) bond motifs is 1. The van der Waals surface area contributed by atoms with E-state index in [2.05, 4.69) is 28.1 Å². The Hall–Kier alpha value is -0.580. The first-order valence-corrected chi connectivity index (χ1v) is 7.73. The molecule has 0 aliphatic carbocycles. The van der Waals surface area contributed by atoms with E-state index in [-0.39, 0.29) is 6.10 Å². The highest BCUT2D eigenvalue weighted by atomic mass is 79.9. The maximum absolute atomic E-state index is 10.4. The van der Waals surface area contributed by atoms with Crippen LogP contribution in [0.2, 0.25) is 0 Å². The first kappa shape index (κ1) is 13.4. The van der Waals surface area contributed by atoms with Gasteiger partial charge in [-0.3, -0.25) is 0 Å². The van der Waals surface area contributed by atoms with E-state index in [0.29, 0.717) is 12.3 Å². The molecule has 1 fully saturated rings. The number of aliphatic hydroxyl groups is 1. The molecule has 2 aliphatic heterocycles. The van der Waals surface area contributed by atoms with Crippen LogP contribution < -0.4 is 4.74 Å². The van der Waals surface area contributed by atoms with E-state index >= 15 is 0 Å². The van der Waals surface area contributed by atoms with Crippen molar-refractivity contribution in [2.75, 3.05) is 19.8 Å². The number of aliphatic hydroxyl groups excluding tert-OH is 1. The SMILES string of the molecule is OC(Cc1cc(Br)cc2c1OCC2)C1CCOCC1. The van der Waals surface area contributed by atoms with Crippen LogP contribution in [-0.4, -0.2) is 31.0 Å². The molecular weight excluding hydrogens is 308 g/mol. The van der Waals surface area contributed by atoms with Crippen LogP contribution in [0.15, 0.2) is 16.6 Å². The molecule has 1 saturated heterocycles. The molecule has 0 radical (unpaired) electrons. The van der Waals surface area contributed by atoms with Crippen molar-refractivity contribution in [1.29, 1.82) is 0 Å². The molecule has 0 saturated carbocycles. The van der Waals surface area contributed by atoms with Crippen LogP contribution >= 0.6 is 15.9 Å². The predicted molar refractivity (Wildman–Crippen MR) is 76.6 cm³/mol. The zero-order chi connectivity index (χ0) is 13.2. The van der Waals surface area contributed by atoms with E-state index in [9.17, 15) is 5.11 Å². The third kappa shape index (κ3) is 2.96. The van der Waals surface area contributed by atoms with Crippen molar-refractivity contribution in [2.45, 2.75) is 31.8 Å². The van der Waals surface area contributed by atoms with Crippen molar-refractivity contribution in [3.8, 4) is 5.75 Å². The molecule has 0 aromatic heterocycles. The summed E-state index contributed by atoms with van der Waals surface area (Å²) in [6.07, 6.45) is 3.25. The Balaban J connectivity index is 1.75. The number of benzene rings is 1. The lowest BCUT2D eigenvalue weighted by molar-refractivity contribution is 0.00821. The summed E-state index contributed by atoms with van der Waals surface area (Å²) in [7, 11) is 0. The van der Waals surface area contributed by atoms with Gasteiger partial charge in [0.25, 0.3) is 0 Å². The summed E-state index contributed by atoms with van der Waals surface area (Å²) in [4.78, 5) is 0. The second kappa shape index (κ2) is 5.81. The van der Waals surface area contributed by atoms with Crippen LogP contribution in [0.1, 0.15) is 24.0 Å². The Labute approximate surface area is 122 Å². The Morgan fingerprint density at radius 3 is 2.84 bits per heavy atom. The van der Waals surface area contributed by atoms with Gasteiger partial charge in [0.2, 0.25) is 0 Å². The normalized spacial score (nSPS) is 20.9. The summed E-state index contributed by atoms with van der Waals surface area (Å²) >= 11 is 3.54. The fourth-order valence-electron chi connectivity index (χ4n) is 2.99. The molecule has 0 bridgehead atoms. The summed E-state index contributed by atoms with van der Waals surface area (Å²) in [5.41, 5.74) is 2.38. The van der Waals surface area contributed by atoms with E-state index < -0.39 is 0 Å². The molecule has 3 nitrogen and oxygen atoms in total. The van der Waals surface area contributed by atoms with Crippen LogP contribution in [0.4, 0.5) is 0 Å². The minimum Gasteiger partial charge on any atom is -0.493 e. The van der Waals surface area contributed by atoms with E-state index in [0.717, 1.165) is 54.9 Å². The van der Waals surface area contributed by atoms with Crippen LogP contribution in [-0.2, 0) is 17.6 Å². The van der Waals surface area contributed by atoms with Crippen LogP contribution in [0.25, 0.3) is 0 Å². The molecule has 1 unspecified atom stereocenters. The highest BCUT2D eigenvalue weighted by molar-refractivity contribution is 9.10. The van der Waals surface area contributed by atoms with Crippen LogP contribution in [0.5, 0.6) is 5.75 Å². The maximum atomic E-state index is 10.4. The average Bonchev–Trinajstić information content (AvgIpc) is 2.88. The molecule has 1 aromatic carbocycles. The summed E-state index contributed by atoms with van der Waals surface area (Å²) in [6, 6.07) is 4.19. The fourth-order valence-corrected chi connectivity index (χ4v) is 3.54. The standard InChI is InChI=1S/C15H19BrO3/c16-13-7-11-3-6-19-15(11)12(8-13)9-14(17)10-1-4-18-5-2-10/h7-8,10,14,17H,1-6,9H2. The lowest BCUT2D eigenvalue weighted by atomic mass is 9.89. The van der Waals surface area contributed by atoms with Gasteiger partial charge in [-0.05, 0) is 42.0 Å². The van der Waals surface area contributed by atoms with Gasteiger partial charge in [-0.1, -0.05) is 15.9 Å². The van der Waals surface area contributed by atoms with Gasteiger partial charge in [0.05, 0.1) is 12.7 Å². The minimum atomic E-state index is -0.300. The zero-order valence-electron chi connectivity index (χ0n) is 10.9. The molecule has 1 aromatic rings. The number of hydrogen-bond acceptors (Lipinski definition) is 3. The molecule has 104 valence electrons. The fraction of sp³-hybridized carbons (Fsp3) is 0.600. The summed E-state index contributed by atoms with van der Waals surface area (Å²) in [5.74, 6) is 1.35. The largest absolute Gasteiger partial charge is 0.493 e. The first-order chi connectivity index (χ1) is 9.24. The number of hydrogen-bond donors (Lipinski definition) is 1. The Kier molecular flexibility index (Phi) is 4.10. The van der Waals surface area contributed by atoms with Gasteiger partial charge < -0.3 is 14.6 Å². The molecule has 0 amide bonds. The third-order valence-corrected chi connectivity index (χ3v) is 4.52. The van der Waals surface area contributed by atoms with Crippen molar-refractivity contribution >= 4 is 15.9 Å². The monoisotopic (exact) mass is 326 g/mol. The van der Waals surface area contributed by atoms with Crippen LogP contribution in [0.3, 0.4) is 0 Å². The Bertz CT molecular complexity index is 455. The lowest BCUT2D eigenvalue weighted by Crippen LogP contribution is -2.29. The van der Waals surface area contributed by atoms with E-state index in [1.807, 2.05) is 0 Å². The first-order valence-electron chi connectivity index (χ1n) is 6.94. The van der Waals surface area contributed by atoms with Gasteiger partial charge in [-0.25, -0.2) is 0 Å². The Morgan fingerprint density at radius 1 is 1.26 bits per heavy atom. The molecule has 2 heterocycles. The second-order valence-electron chi connectivity index (χ2n) is 5.37. The highest BCUT2D eigenvalue weighted by Gasteiger charge is 2.25. The molecule has 1 N–H and O–H groups in total. The number of halogens is 1. The third-order valence-electron chi connectivity index (χ3n) is 4.06. The van der Waals surface area contributed by atoms with Crippen molar-refractivity contribution in [3.05, 3.63) is 27.7 Å². The highest BCUT2D eigenvalue weighted by Crippen LogP contribution is 2.35. The van der Waals surface area contributed by atoms with Gasteiger partial charge in [-0.15, -0.1) is 0 Å². The van der Waals surface area contributed by atoms with Crippen molar-refractivity contribution < 1.29 is 14.6 Å². The van der Waals surface area contributed by atoms with E-state index in [4.69, 9.17) is 9.47 Å². The van der Waals surface area contributed by atoms with E-state index in [1.54, 1.807) is 0 Å². The van der Waals surface area contributed by atoms with E-state index in [1.165, 1.54) is 5.56 Å². The quantitative estimate of drug-likeness (QED) is 0.928. The number of ether oxygens (including phenoxy) is 2. The van der Waals surface area contributed by atoms with Crippen molar-refractivity contribution in [1.82, 2.24) is 0 Å². The van der Waals surface area contributed by atoms with Gasteiger partial charge >= 0.3 is 0 Å². The summed E-state index contributed by atoms with van der Waals surface area (Å²) in [5, 5.41) is 10.4. The van der Waals surface area contributed by atoms with Crippen molar-refractivity contribution in [3.63, 3.8) is 0 Å². The molecule has 19 heavy (non-hydrogen) atoms. The lowest BCUT2D eigenvalue weighted by Gasteiger charge is -2.27. The molecule has 4 heteroatoms. The number of rotatable bonds is 3. The smallest absolute Gasteiger partial charge is 0.125 e. The molecule has 0 spiro atoms. The van der Waals surface area contributed by atoms with Crippen LogP contribution in [0, 0.1) is 5.92 Å².